The fourth-order valence-corrected chi connectivity index (χ4v) is 2.32. The summed E-state index contributed by atoms with van der Waals surface area (Å²) in [5.41, 5.74) is -0.472. The van der Waals surface area contributed by atoms with Gasteiger partial charge in [-0.3, -0.25) is 0 Å². The second-order valence-corrected chi connectivity index (χ2v) is 5.56. The third kappa shape index (κ3) is 4.64. The van der Waals surface area contributed by atoms with Crippen LogP contribution in [0.25, 0.3) is 11.0 Å². The number of aliphatic hydroxyl groups is 1. The average molecular weight is 336 g/mol. The van der Waals surface area contributed by atoms with Gasteiger partial charge in [-0.15, -0.1) is 0 Å². The molecule has 0 saturated carbocycles. The number of aliphatic hydroxyl groups excluding tert-OH is 1. The molecule has 1 aromatic heterocycles. The Balaban J connectivity index is 2.14. The van der Waals surface area contributed by atoms with Gasteiger partial charge in [-0.05, 0) is 18.6 Å². The van der Waals surface area contributed by atoms with Crippen molar-refractivity contribution in [3.63, 3.8) is 0 Å². The lowest BCUT2D eigenvalue weighted by atomic mass is 10.2. The zero-order chi connectivity index (χ0) is 17.4. The van der Waals surface area contributed by atoms with E-state index in [1.54, 1.807) is 18.2 Å². The minimum atomic E-state index is -0.706. The largest absolute Gasteiger partial charge is 0.504 e. The van der Waals surface area contributed by atoms with E-state index < -0.39 is 5.63 Å². The summed E-state index contributed by atoms with van der Waals surface area (Å²) in [5.74, 6) is 0.151. The van der Waals surface area contributed by atoms with Crippen molar-refractivity contribution < 1.29 is 24.1 Å². The van der Waals surface area contributed by atoms with E-state index >= 15 is 0 Å². The number of benzene rings is 1. The van der Waals surface area contributed by atoms with Crippen LogP contribution in [0.3, 0.4) is 0 Å². The monoisotopic (exact) mass is 336 g/mol. The fourth-order valence-electron chi connectivity index (χ4n) is 2.32. The number of hydrogen-bond acceptors (Lipinski definition) is 6. The van der Waals surface area contributed by atoms with Crippen molar-refractivity contribution in [2.45, 2.75) is 39.0 Å². The molecule has 6 heteroatoms. The molecule has 0 bridgehead atoms. The van der Waals surface area contributed by atoms with Crippen molar-refractivity contribution in [2.24, 2.45) is 0 Å². The van der Waals surface area contributed by atoms with Crippen LogP contribution in [0.4, 0.5) is 0 Å². The maximum atomic E-state index is 12.0. The molecular formula is C18H24O6. The topological polar surface area (TPSA) is 89.1 Å². The van der Waals surface area contributed by atoms with Gasteiger partial charge in [-0.25, -0.2) is 4.79 Å². The Morgan fingerprint density at radius 3 is 2.62 bits per heavy atom. The van der Waals surface area contributed by atoms with Gasteiger partial charge < -0.3 is 24.1 Å². The lowest BCUT2D eigenvalue weighted by molar-refractivity contribution is 0.233. The Hall–Kier alpha value is -2.21. The molecule has 0 fully saturated rings. The third-order valence-electron chi connectivity index (χ3n) is 3.63. The summed E-state index contributed by atoms with van der Waals surface area (Å²) >= 11 is 0. The number of unbranched alkanes of at least 4 members (excludes halogenated alkanes) is 3. The summed E-state index contributed by atoms with van der Waals surface area (Å²) in [6.45, 7) is 2.89. The van der Waals surface area contributed by atoms with Gasteiger partial charge >= 0.3 is 5.63 Å². The van der Waals surface area contributed by atoms with E-state index in [-0.39, 0.29) is 23.7 Å². The Bertz CT molecular complexity index is 706. The highest BCUT2D eigenvalue weighted by Crippen LogP contribution is 2.33. The third-order valence-corrected chi connectivity index (χ3v) is 3.63. The van der Waals surface area contributed by atoms with E-state index in [9.17, 15) is 9.90 Å². The fraction of sp³-hybridized carbons (Fsp3) is 0.500. The molecule has 0 atom stereocenters. The summed E-state index contributed by atoms with van der Waals surface area (Å²) in [5, 5.41) is 19.4. The van der Waals surface area contributed by atoms with E-state index in [0.717, 1.165) is 25.7 Å². The highest BCUT2D eigenvalue weighted by atomic mass is 16.5. The summed E-state index contributed by atoms with van der Waals surface area (Å²) in [7, 11) is 0. The van der Waals surface area contributed by atoms with Gasteiger partial charge in [-0.1, -0.05) is 26.2 Å². The molecule has 132 valence electrons. The zero-order valence-electron chi connectivity index (χ0n) is 13.9. The standard InChI is InChI=1S/C18H24O6/c1-2-3-4-5-10-23-17-16(20)14-8-7-13(22-11-6-9-19)12-15(14)24-18(17)21/h7-8,12,19-20H,2-6,9-11H2,1H3. The van der Waals surface area contributed by atoms with Crippen molar-refractivity contribution in [1.29, 1.82) is 0 Å². The molecule has 0 aliphatic carbocycles. The highest BCUT2D eigenvalue weighted by Gasteiger charge is 2.16. The zero-order valence-corrected chi connectivity index (χ0v) is 13.9. The van der Waals surface area contributed by atoms with Gasteiger partial charge in [0.15, 0.2) is 5.75 Å². The summed E-state index contributed by atoms with van der Waals surface area (Å²) in [6, 6.07) is 4.83. The van der Waals surface area contributed by atoms with Crippen LogP contribution in [0.15, 0.2) is 27.4 Å². The first-order chi connectivity index (χ1) is 11.7. The van der Waals surface area contributed by atoms with Crippen LogP contribution in [0.1, 0.15) is 39.0 Å². The molecule has 2 N–H and O–H groups in total. The second kappa shape index (κ2) is 9.17. The lowest BCUT2D eigenvalue weighted by Crippen LogP contribution is -2.08. The van der Waals surface area contributed by atoms with Crippen LogP contribution < -0.4 is 15.1 Å². The molecule has 2 rings (SSSR count). The van der Waals surface area contributed by atoms with Crippen LogP contribution in [-0.4, -0.2) is 30.0 Å². The summed E-state index contributed by atoms with van der Waals surface area (Å²) < 4.78 is 16.1. The van der Waals surface area contributed by atoms with Gasteiger partial charge in [0.1, 0.15) is 11.3 Å². The van der Waals surface area contributed by atoms with E-state index in [1.165, 1.54) is 0 Å². The smallest absolute Gasteiger partial charge is 0.383 e. The maximum Gasteiger partial charge on any atom is 0.383 e. The molecular weight excluding hydrogens is 312 g/mol. The first-order valence-corrected chi connectivity index (χ1v) is 8.33. The molecule has 6 nitrogen and oxygen atoms in total. The molecule has 0 unspecified atom stereocenters. The maximum absolute atomic E-state index is 12.0. The van der Waals surface area contributed by atoms with Gasteiger partial charge in [0.05, 0.1) is 18.6 Å². The second-order valence-electron chi connectivity index (χ2n) is 5.56. The van der Waals surface area contributed by atoms with Gasteiger partial charge in [-0.2, -0.15) is 0 Å². The quantitative estimate of drug-likeness (QED) is 0.511. The predicted octanol–water partition coefficient (Wildman–Crippen LogP) is 3.22. The van der Waals surface area contributed by atoms with E-state index in [0.29, 0.717) is 30.8 Å². The van der Waals surface area contributed by atoms with E-state index in [1.807, 2.05) is 0 Å². The van der Waals surface area contributed by atoms with Crippen LogP contribution in [0, 0.1) is 0 Å². The minimum Gasteiger partial charge on any atom is -0.504 e. The van der Waals surface area contributed by atoms with Crippen molar-refractivity contribution in [1.82, 2.24) is 0 Å². The predicted molar refractivity (Wildman–Crippen MR) is 91.0 cm³/mol. The Morgan fingerprint density at radius 1 is 1.08 bits per heavy atom. The molecule has 0 aliphatic heterocycles. The first kappa shape index (κ1) is 18.1. The molecule has 1 aromatic carbocycles. The summed E-state index contributed by atoms with van der Waals surface area (Å²) in [4.78, 5) is 12.0. The van der Waals surface area contributed by atoms with E-state index in [4.69, 9.17) is 19.0 Å². The molecule has 0 amide bonds. The number of hydrogen-bond donors (Lipinski definition) is 2. The Labute approximate surface area is 140 Å². The molecule has 2 aromatic rings. The molecule has 0 spiro atoms. The van der Waals surface area contributed by atoms with Gasteiger partial charge in [0, 0.05) is 19.1 Å². The summed E-state index contributed by atoms with van der Waals surface area (Å²) in [6.07, 6.45) is 4.58. The number of ether oxygens (including phenoxy) is 2. The SMILES string of the molecule is CCCCCCOc1c(O)c2ccc(OCCCO)cc2oc1=O. The van der Waals surface area contributed by atoms with Gasteiger partial charge in [0.25, 0.3) is 0 Å². The Kier molecular flexibility index (Phi) is 6.93. The molecule has 0 aliphatic rings. The Morgan fingerprint density at radius 2 is 1.88 bits per heavy atom. The van der Waals surface area contributed by atoms with E-state index in [2.05, 4.69) is 6.92 Å². The van der Waals surface area contributed by atoms with Crippen LogP contribution in [0.2, 0.25) is 0 Å². The minimum absolute atomic E-state index is 0.0441. The normalized spacial score (nSPS) is 10.9. The van der Waals surface area contributed by atoms with Crippen LogP contribution >= 0.6 is 0 Å². The van der Waals surface area contributed by atoms with Crippen molar-refractivity contribution in [3.05, 3.63) is 28.6 Å². The lowest BCUT2D eigenvalue weighted by Gasteiger charge is -2.10. The first-order valence-electron chi connectivity index (χ1n) is 8.33. The number of fused-ring (bicyclic) bond motifs is 1. The van der Waals surface area contributed by atoms with Crippen molar-refractivity contribution in [3.8, 4) is 17.2 Å². The number of rotatable bonds is 10. The van der Waals surface area contributed by atoms with Crippen molar-refractivity contribution >= 4 is 11.0 Å². The molecule has 0 radical (unpaired) electrons. The molecule has 1 heterocycles. The molecule has 24 heavy (non-hydrogen) atoms. The highest BCUT2D eigenvalue weighted by molar-refractivity contribution is 5.86. The van der Waals surface area contributed by atoms with Crippen molar-refractivity contribution in [2.75, 3.05) is 19.8 Å². The molecule has 0 saturated heterocycles. The average Bonchev–Trinajstić information content (AvgIpc) is 2.57. The van der Waals surface area contributed by atoms with Crippen LogP contribution in [0.5, 0.6) is 17.2 Å². The van der Waals surface area contributed by atoms with Gasteiger partial charge in [0.2, 0.25) is 5.75 Å². The number of aromatic hydroxyl groups is 1. The van der Waals surface area contributed by atoms with Crippen LogP contribution in [-0.2, 0) is 0 Å².